The number of hydrogen-bond acceptors (Lipinski definition) is 2. The molecule has 0 aliphatic heterocycles. The van der Waals surface area contributed by atoms with E-state index in [0.29, 0.717) is 5.82 Å². The summed E-state index contributed by atoms with van der Waals surface area (Å²) in [5.74, 6) is 1.52. The zero-order valence-electron chi connectivity index (χ0n) is 43.2. The van der Waals surface area contributed by atoms with E-state index in [4.69, 9.17) is 9.97 Å². The van der Waals surface area contributed by atoms with E-state index in [1.807, 2.05) is 0 Å². The van der Waals surface area contributed by atoms with Gasteiger partial charge < -0.3 is 13.7 Å². The Bertz CT molecular complexity index is 5350. The van der Waals surface area contributed by atoms with Gasteiger partial charge in [0, 0.05) is 71.1 Å². The minimum atomic E-state index is 0.673. The van der Waals surface area contributed by atoms with Gasteiger partial charge >= 0.3 is 0 Å². The third-order valence-corrected chi connectivity index (χ3v) is 16.6. The van der Waals surface area contributed by atoms with Crippen LogP contribution in [0, 0.1) is 0 Å². The number of para-hydroxylation sites is 7. The molecule has 0 saturated heterocycles. The average Bonchev–Trinajstić information content (AvgIpc) is 4.46. The first kappa shape index (κ1) is 44.3. The number of rotatable bonds is 7. The predicted octanol–water partition coefficient (Wildman–Crippen LogP) is 19.0. The van der Waals surface area contributed by atoms with Gasteiger partial charge in [-0.15, -0.1) is 0 Å². The molecular weight excluding hydrogens is 973 g/mol. The van der Waals surface area contributed by atoms with Crippen molar-refractivity contribution in [1.82, 2.24) is 28.2 Å². The molecule has 0 bridgehead atoms. The minimum absolute atomic E-state index is 0.673. The van der Waals surface area contributed by atoms with E-state index >= 15 is 0 Å². The largest absolute Gasteiger partial charge is 0.309 e. The van der Waals surface area contributed by atoms with Crippen LogP contribution in [0.15, 0.2) is 279 Å². The molecule has 5 heterocycles. The maximum Gasteiger partial charge on any atom is 0.162 e. The van der Waals surface area contributed by atoms with Crippen molar-refractivity contribution in [2.75, 3.05) is 0 Å². The van der Waals surface area contributed by atoms with E-state index in [1.165, 1.54) is 81.8 Å². The van der Waals surface area contributed by atoms with E-state index in [2.05, 4.69) is 297 Å². The summed E-state index contributed by atoms with van der Waals surface area (Å²) in [7, 11) is 0. The van der Waals surface area contributed by atoms with Crippen LogP contribution in [-0.2, 0) is 0 Å². The first-order chi connectivity index (χ1) is 39.7. The molecule has 0 radical (unpaired) electrons. The zero-order valence-corrected chi connectivity index (χ0v) is 43.2. The summed E-state index contributed by atoms with van der Waals surface area (Å²) in [6.07, 6.45) is 0. The normalized spacial score (nSPS) is 12.0. The molecule has 0 unspecified atom stereocenters. The highest BCUT2D eigenvalue weighted by Gasteiger charge is 2.21. The highest BCUT2D eigenvalue weighted by atomic mass is 15.1. The summed E-state index contributed by atoms with van der Waals surface area (Å²) >= 11 is 0. The molecule has 0 amide bonds. The highest BCUT2D eigenvalue weighted by Crippen LogP contribution is 2.42. The molecule has 0 atom stereocenters. The van der Waals surface area contributed by atoms with Crippen molar-refractivity contribution >= 4 is 98.1 Å². The molecule has 6 heteroatoms. The van der Waals surface area contributed by atoms with Crippen molar-refractivity contribution in [3.8, 4) is 56.5 Å². The number of hydrogen-bond donors (Lipinski definition) is 0. The number of benzene rings is 12. The predicted molar refractivity (Wildman–Crippen MR) is 333 cm³/mol. The van der Waals surface area contributed by atoms with Crippen LogP contribution in [0.1, 0.15) is 0 Å². The second-order valence-corrected chi connectivity index (χ2v) is 20.9. The van der Waals surface area contributed by atoms with Gasteiger partial charge in [-0.1, -0.05) is 146 Å². The molecule has 372 valence electrons. The van der Waals surface area contributed by atoms with E-state index in [1.54, 1.807) is 0 Å². The van der Waals surface area contributed by atoms with Gasteiger partial charge in [0.2, 0.25) is 0 Å². The van der Waals surface area contributed by atoms with Crippen LogP contribution in [0.4, 0.5) is 0 Å². The third-order valence-electron chi connectivity index (χ3n) is 16.6. The molecule has 12 aromatic carbocycles. The maximum absolute atomic E-state index is 5.51. The van der Waals surface area contributed by atoms with Gasteiger partial charge in [-0.05, 0) is 156 Å². The SMILES string of the molecule is c1ccc(-n2c3ccccc3c3cc(-c4ccc5c(c4)c4ccccc4n5-c4ccc(-c5nc(-n6c7ccccc7c7cc(-c8ccc9c(c8)c8ccccc8n9-c8ccccc8)ccc76)c6ccccc6n5)cc4)ccc32)cc1. The van der Waals surface area contributed by atoms with Gasteiger partial charge in [0.05, 0.1) is 49.7 Å². The Morgan fingerprint density at radius 3 is 0.912 bits per heavy atom. The van der Waals surface area contributed by atoms with Crippen LogP contribution in [-0.4, -0.2) is 28.2 Å². The first-order valence-electron chi connectivity index (χ1n) is 27.3. The monoisotopic (exact) mass is 1020 g/mol. The Hall–Kier alpha value is -10.8. The highest BCUT2D eigenvalue weighted by molar-refractivity contribution is 6.15. The summed E-state index contributed by atoms with van der Waals surface area (Å²) in [6, 6.07) is 101. The van der Waals surface area contributed by atoms with Crippen LogP contribution in [0.5, 0.6) is 0 Å². The Morgan fingerprint density at radius 1 is 0.200 bits per heavy atom. The quantitative estimate of drug-likeness (QED) is 0.160. The summed E-state index contributed by atoms with van der Waals surface area (Å²) in [4.78, 5) is 10.8. The lowest BCUT2D eigenvalue weighted by Gasteiger charge is -2.13. The van der Waals surface area contributed by atoms with Crippen LogP contribution < -0.4 is 0 Å². The number of nitrogens with zero attached hydrogens (tertiary/aromatic N) is 6. The number of aromatic nitrogens is 6. The van der Waals surface area contributed by atoms with E-state index in [-0.39, 0.29) is 0 Å². The lowest BCUT2D eigenvalue weighted by Crippen LogP contribution is -2.03. The van der Waals surface area contributed by atoms with E-state index < -0.39 is 0 Å². The molecule has 5 aromatic heterocycles. The van der Waals surface area contributed by atoms with Gasteiger partial charge in [0.1, 0.15) is 5.82 Å². The Balaban J connectivity index is 0.754. The molecule has 17 aromatic rings. The average molecular weight is 1020 g/mol. The summed E-state index contributed by atoms with van der Waals surface area (Å²) < 4.78 is 9.46. The summed E-state index contributed by atoms with van der Waals surface area (Å²) in [5.41, 5.74) is 19.2. The van der Waals surface area contributed by atoms with Crippen molar-refractivity contribution in [3.63, 3.8) is 0 Å². The second kappa shape index (κ2) is 17.3. The van der Waals surface area contributed by atoms with Gasteiger partial charge in [-0.2, -0.15) is 0 Å². The maximum atomic E-state index is 5.51. The standard InChI is InChI=1S/C74H46N6/c1-3-17-52(18-4-1)77-65-27-13-8-21-55(65)60-43-48(33-39-69(60)77)49-35-41-71-62(45-49)57-23-10-15-29-67(57)79(71)54-37-31-47(32-38-54)73-75-64-26-12-7-25-59(64)74(76-73)80-68-30-16-11-24-58(68)63-46-51(36-42-72(63)80)50-34-40-70-61(44-50)56-22-9-14-28-66(56)78(70)53-19-5-2-6-20-53/h1-46H. The smallest absolute Gasteiger partial charge is 0.162 e. The van der Waals surface area contributed by atoms with Gasteiger partial charge in [0.25, 0.3) is 0 Å². The van der Waals surface area contributed by atoms with E-state index in [9.17, 15) is 0 Å². The molecule has 80 heavy (non-hydrogen) atoms. The van der Waals surface area contributed by atoms with Crippen molar-refractivity contribution in [3.05, 3.63) is 279 Å². The van der Waals surface area contributed by atoms with Crippen LogP contribution in [0.25, 0.3) is 155 Å². The van der Waals surface area contributed by atoms with Crippen LogP contribution in [0.2, 0.25) is 0 Å². The molecule has 0 aliphatic rings. The van der Waals surface area contributed by atoms with Crippen molar-refractivity contribution in [2.45, 2.75) is 0 Å². The molecule has 17 rings (SSSR count). The van der Waals surface area contributed by atoms with Crippen molar-refractivity contribution in [1.29, 1.82) is 0 Å². The summed E-state index contributed by atoms with van der Waals surface area (Å²) in [5, 5.41) is 10.7. The summed E-state index contributed by atoms with van der Waals surface area (Å²) in [6.45, 7) is 0. The molecule has 0 N–H and O–H groups in total. The Kier molecular flexibility index (Phi) is 9.61. The van der Waals surface area contributed by atoms with Crippen molar-refractivity contribution < 1.29 is 0 Å². The van der Waals surface area contributed by atoms with E-state index in [0.717, 1.165) is 67.0 Å². The molecule has 0 aliphatic carbocycles. The third kappa shape index (κ3) is 6.66. The molecule has 0 fully saturated rings. The fourth-order valence-electron chi connectivity index (χ4n) is 12.9. The lowest BCUT2D eigenvalue weighted by molar-refractivity contribution is 1.07. The lowest BCUT2D eigenvalue weighted by atomic mass is 10.0. The molecular formula is C74H46N6. The molecule has 0 spiro atoms. The zero-order chi connectivity index (χ0) is 52.4. The van der Waals surface area contributed by atoms with Crippen molar-refractivity contribution in [2.24, 2.45) is 0 Å². The fraction of sp³-hybridized carbons (Fsp3) is 0. The van der Waals surface area contributed by atoms with Gasteiger partial charge in [-0.25, -0.2) is 9.97 Å². The molecule has 6 nitrogen and oxygen atoms in total. The first-order valence-corrected chi connectivity index (χ1v) is 27.3. The second-order valence-electron chi connectivity index (χ2n) is 20.9. The Morgan fingerprint density at radius 2 is 0.500 bits per heavy atom. The number of fused-ring (bicyclic) bond motifs is 13. The topological polar surface area (TPSA) is 45.5 Å². The van der Waals surface area contributed by atoms with Gasteiger partial charge in [-0.3, -0.25) is 4.57 Å². The van der Waals surface area contributed by atoms with Crippen LogP contribution in [0.3, 0.4) is 0 Å². The fourth-order valence-corrected chi connectivity index (χ4v) is 12.9. The Labute approximate surface area is 459 Å². The van der Waals surface area contributed by atoms with Gasteiger partial charge in [0.15, 0.2) is 5.82 Å². The molecule has 0 saturated carbocycles. The van der Waals surface area contributed by atoms with Crippen LogP contribution >= 0.6 is 0 Å². The minimum Gasteiger partial charge on any atom is -0.309 e.